The molecule has 0 spiro atoms. The molecule has 1 fully saturated rings. The summed E-state index contributed by atoms with van der Waals surface area (Å²) in [6.45, 7) is 4.00. The van der Waals surface area contributed by atoms with Crippen LogP contribution in [0.1, 0.15) is 12.0 Å². The van der Waals surface area contributed by atoms with Crippen molar-refractivity contribution in [1.82, 2.24) is 19.4 Å². The topological polar surface area (TPSA) is 55.2 Å². The first-order valence-electron chi connectivity index (χ1n) is 11.3. The molecule has 1 N–H and O–H groups in total. The second-order valence-electron chi connectivity index (χ2n) is 8.95. The fraction of sp³-hybridized carbons (Fsp3) is 0.308. The van der Waals surface area contributed by atoms with E-state index in [-0.39, 0.29) is 0 Å². The molecule has 6 rings (SSSR count). The van der Waals surface area contributed by atoms with Gasteiger partial charge in [0.15, 0.2) is 0 Å². The Labute approximate surface area is 187 Å². The number of aromatic nitrogens is 3. The molecule has 2 aliphatic heterocycles. The van der Waals surface area contributed by atoms with Crippen LogP contribution < -0.4 is 10.1 Å². The van der Waals surface area contributed by atoms with E-state index in [4.69, 9.17) is 4.74 Å². The number of hydrogen-bond acceptors (Lipinski definition) is 5. The first kappa shape index (κ1) is 19.3. The molecule has 4 aromatic rings. The Morgan fingerprint density at radius 3 is 2.84 bits per heavy atom. The standard InChI is InChI=1S/C26H27N5O/c1-30-11-9-18(15-30)16-32-26-7-4-21(14-28-26)20-3-6-23-25(12-20)31(17-29-23)22-5-2-19-8-10-27-24(19)13-22/h2-7,12-14,17-18,27H,8-11,15-16H2,1H3. The van der Waals surface area contributed by atoms with E-state index >= 15 is 0 Å². The van der Waals surface area contributed by atoms with E-state index in [1.54, 1.807) is 0 Å². The maximum absolute atomic E-state index is 5.94. The van der Waals surface area contributed by atoms with Gasteiger partial charge in [0.1, 0.15) is 6.33 Å². The number of benzene rings is 2. The van der Waals surface area contributed by atoms with Crippen LogP contribution in [0.25, 0.3) is 27.8 Å². The fourth-order valence-corrected chi connectivity index (χ4v) is 4.82. The van der Waals surface area contributed by atoms with Crippen molar-refractivity contribution in [3.63, 3.8) is 0 Å². The maximum Gasteiger partial charge on any atom is 0.213 e. The van der Waals surface area contributed by atoms with Crippen LogP contribution in [0.4, 0.5) is 5.69 Å². The summed E-state index contributed by atoms with van der Waals surface area (Å²) in [5.74, 6) is 1.29. The van der Waals surface area contributed by atoms with Crippen LogP contribution in [0.3, 0.4) is 0 Å². The molecule has 2 aromatic heterocycles. The predicted octanol–water partition coefficient (Wildman–Crippen LogP) is 4.39. The van der Waals surface area contributed by atoms with Crippen LogP contribution in [0, 0.1) is 5.92 Å². The van der Waals surface area contributed by atoms with Crippen LogP contribution in [0.2, 0.25) is 0 Å². The molecule has 0 amide bonds. The molecular formula is C26H27N5O. The van der Waals surface area contributed by atoms with Crippen molar-refractivity contribution in [2.24, 2.45) is 5.92 Å². The molecule has 0 radical (unpaired) electrons. The van der Waals surface area contributed by atoms with E-state index in [2.05, 4.69) is 74.3 Å². The van der Waals surface area contributed by atoms with Gasteiger partial charge in [0.05, 0.1) is 17.6 Å². The number of nitrogens with zero attached hydrogens (tertiary/aromatic N) is 4. The highest BCUT2D eigenvalue weighted by Gasteiger charge is 2.20. The maximum atomic E-state index is 5.94. The molecule has 0 aliphatic carbocycles. The zero-order valence-electron chi connectivity index (χ0n) is 18.3. The van der Waals surface area contributed by atoms with Gasteiger partial charge in [-0.25, -0.2) is 9.97 Å². The van der Waals surface area contributed by atoms with Crippen molar-refractivity contribution in [2.45, 2.75) is 12.8 Å². The van der Waals surface area contributed by atoms with Crippen LogP contribution in [-0.2, 0) is 6.42 Å². The van der Waals surface area contributed by atoms with Gasteiger partial charge >= 0.3 is 0 Å². The van der Waals surface area contributed by atoms with Crippen molar-refractivity contribution in [2.75, 3.05) is 38.6 Å². The minimum Gasteiger partial charge on any atom is -0.477 e. The van der Waals surface area contributed by atoms with Crippen LogP contribution >= 0.6 is 0 Å². The molecule has 2 aromatic carbocycles. The third kappa shape index (κ3) is 3.60. The average Bonchev–Trinajstić information content (AvgIpc) is 3.56. The smallest absolute Gasteiger partial charge is 0.213 e. The normalized spacial score (nSPS) is 18.1. The second kappa shape index (κ2) is 7.95. The van der Waals surface area contributed by atoms with Crippen molar-refractivity contribution >= 4 is 16.7 Å². The third-order valence-corrected chi connectivity index (χ3v) is 6.65. The summed E-state index contributed by atoms with van der Waals surface area (Å²) < 4.78 is 8.10. The minimum atomic E-state index is 0.596. The van der Waals surface area contributed by atoms with Gasteiger partial charge in [-0.3, -0.25) is 4.57 Å². The highest BCUT2D eigenvalue weighted by atomic mass is 16.5. The zero-order chi connectivity index (χ0) is 21.5. The van der Waals surface area contributed by atoms with Gasteiger partial charge < -0.3 is 15.0 Å². The SMILES string of the molecule is CN1CCC(COc2ccc(-c3ccc4ncn(-c5ccc6c(c5)NCC6)c4c3)cn2)C1. The Morgan fingerprint density at radius 2 is 2.00 bits per heavy atom. The first-order valence-corrected chi connectivity index (χ1v) is 11.3. The minimum absolute atomic E-state index is 0.596. The summed E-state index contributed by atoms with van der Waals surface area (Å²) in [7, 11) is 2.16. The van der Waals surface area contributed by atoms with E-state index in [1.807, 2.05) is 18.6 Å². The number of pyridine rings is 1. The Bertz CT molecular complexity index is 1260. The van der Waals surface area contributed by atoms with Gasteiger partial charge in [0, 0.05) is 48.2 Å². The summed E-state index contributed by atoms with van der Waals surface area (Å²) in [5, 5.41) is 3.47. The van der Waals surface area contributed by atoms with Crippen molar-refractivity contribution < 1.29 is 4.74 Å². The summed E-state index contributed by atoms with van der Waals surface area (Å²) >= 11 is 0. The lowest BCUT2D eigenvalue weighted by Crippen LogP contribution is -2.18. The van der Waals surface area contributed by atoms with Gasteiger partial charge in [-0.05, 0) is 67.9 Å². The number of imidazole rings is 1. The van der Waals surface area contributed by atoms with Gasteiger partial charge in [-0.1, -0.05) is 12.1 Å². The van der Waals surface area contributed by atoms with Gasteiger partial charge in [0.2, 0.25) is 5.88 Å². The molecule has 6 nitrogen and oxygen atoms in total. The van der Waals surface area contributed by atoms with Crippen molar-refractivity contribution in [3.05, 3.63) is 66.6 Å². The predicted molar refractivity (Wildman–Crippen MR) is 128 cm³/mol. The Morgan fingerprint density at radius 1 is 1.06 bits per heavy atom. The molecule has 1 saturated heterocycles. The lowest BCUT2D eigenvalue weighted by Gasteiger charge is -2.12. The fourth-order valence-electron chi connectivity index (χ4n) is 4.82. The molecule has 32 heavy (non-hydrogen) atoms. The van der Waals surface area contributed by atoms with Crippen molar-refractivity contribution in [3.8, 4) is 22.7 Å². The van der Waals surface area contributed by atoms with Gasteiger partial charge in [0.25, 0.3) is 0 Å². The third-order valence-electron chi connectivity index (χ3n) is 6.65. The number of nitrogens with one attached hydrogen (secondary N) is 1. The molecule has 6 heteroatoms. The van der Waals surface area contributed by atoms with Crippen LogP contribution in [0.5, 0.6) is 5.88 Å². The largest absolute Gasteiger partial charge is 0.477 e. The van der Waals surface area contributed by atoms with Gasteiger partial charge in [-0.2, -0.15) is 0 Å². The summed E-state index contributed by atoms with van der Waals surface area (Å²) in [6.07, 6.45) is 6.09. The van der Waals surface area contributed by atoms with E-state index < -0.39 is 0 Å². The molecule has 0 saturated carbocycles. The molecule has 4 heterocycles. The molecule has 0 bridgehead atoms. The van der Waals surface area contributed by atoms with E-state index in [1.165, 1.54) is 17.7 Å². The first-order chi connectivity index (χ1) is 15.7. The Hall–Kier alpha value is -3.38. The number of rotatable bonds is 5. The molecule has 2 aliphatic rings. The lowest BCUT2D eigenvalue weighted by atomic mass is 10.1. The summed E-state index contributed by atoms with van der Waals surface area (Å²) in [5.41, 5.74) is 8.00. The highest BCUT2D eigenvalue weighted by Crippen LogP contribution is 2.29. The lowest BCUT2D eigenvalue weighted by molar-refractivity contribution is 0.241. The Kier molecular flexibility index (Phi) is 4.80. The van der Waals surface area contributed by atoms with E-state index in [0.717, 1.165) is 60.5 Å². The van der Waals surface area contributed by atoms with Gasteiger partial charge in [-0.15, -0.1) is 0 Å². The average molecular weight is 426 g/mol. The van der Waals surface area contributed by atoms with E-state index in [9.17, 15) is 0 Å². The monoisotopic (exact) mass is 425 g/mol. The van der Waals surface area contributed by atoms with Crippen LogP contribution in [0.15, 0.2) is 61.1 Å². The molecule has 1 atom stereocenters. The quantitative estimate of drug-likeness (QED) is 0.514. The Balaban J connectivity index is 1.24. The van der Waals surface area contributed by atoms with E-state index in [0.29, 0.717) is 11.8 Å². The number of ether oxygens (including phenoxy) is 1. The molecule has 1 unspecified atom stereocenters. The number of fused-ring (bicyclic) bond motifs is 2. The molecular weight excluding hydrogens is 398 g/mol. The highest BCUT2D eigenvalue weighted by molar-refractivity contribution is 5.83. The summed E-state index contributed by atoms with van der Waals surface area (Å²) in [4.78, 5) is 11.5. The summed E-state index contributed by atoms with van der Waals surface area (Å²) in [6, 6.07) is 17.0. The van der Waals surface area contributed by atoms with Crippen LogP contribution in [-0.4, -0.2) is 52.7 Å². The zero-order valence-corrected chi connectivity index (χ0v) is 18.3. The number of hydrogen-bond donors (Lipinski definition) is 1. The number of likely N-dealkylation sites (tertiary alicyclic amines) is 1. The second-order valence-corrected chi connectivity index (χ2v) is 8.95. The number of anilines is 1. The molecule has 162 valence electrons. The van der Waals surface area contributed by atoms with Crippen molar-refractivity contribution in [1.29, 1.82) is 0 Å².